The average molecular weight is 390 g/mol. The summed E-state index contributed by atoms with van der Waals surface area (Å²) in [5.74, 6) is -1.24. The molecule has 0 amide bonds. The maximum atomic E-state index is 12.4. The Morgan fingerprint density at radius 1 is 1.00 bits per heavy atom. The molecule has 0 bridgehead atoms. The molecule has 3 rings (SSSR count). The maximum Gasteiger partial charge on any atom is 0.322 e. The number of halogens is 1. The van der Waals surface area contributed by atoms with E-state index in [0.717, 1.165) is 16.3 Å². The molecule has 0 radical (unpaired) electrons. The van der Waals surface area contributed by atoms with Gasteiger partial charge in [-0.2, -0.15) is 4.72 Å². The first-order chi connectivity index (χ1) is 12.3. The summed E-state index contributed by atoms with van der Waals surface area (Å²) in [6.45, 7) is 0. The molecule has 134 valence electrons. The van der Waals surface area contributed by atoms with Gasteiger partial charge in [0.1, 0.15) is 6.04 Å². The fourth-order valence-electron chi connectivity index (χ4n) is 2.65. The molecule has 5 nitrogen and oxygen atoms in total. The number of hydrogen-bond donors (Lipinski definition) is 2. The molecule has 1 atom stereocenters. The highest BCUT2D eigenvalue weighted by atomic mass is 35.5. The number of nitrogens with one attached hydrogen (secondary N) is 1. The van der Waals surface area contributed by atoms with Crippen LogP contribution < -0.4 is 4.72 Å². The third-order valence-electron chi connectivity index (χ3n) is 3.97. The zero-order valence-corrected chi connectivity index (χ0v) is 15.2. The molecule has 0 fully saturated rings. The van der Waals surface area contributed by atoms with Crippen molar-refractivity contribution >= 4 is 38.4 Å². The third-order valence-corrected chi connectivity index (χ3v) is 5.71. The van der Waals surface area contributed by atoms with Gasteiger partial charge in [0.2, 0.25) is 10.0 Å². The maximum absolute atomic E-state index is 12.4. The van der Waals surface area contributed by atoms with Crippen molar-refractivity contribution in [1.82, 2.24) is 4.72 Å². The van der Waals surface area contributed by atoms with Crippen LogP contribution in [-0.4, -0.2) is 25.5 Å². The molecule has 26 heavy (non-hydrogen) atoms. The third kappa shape index (κ3) is 4.22. The first-order valence-corrected chi connectivity index (χ1v) is 9.70. The van der Waals surface area contributed by atoms with Crippen molar-refractivity contribution in [2.75, 3.05) is 0 Å². The average Bonchev–Trinajstić information content (AvgIpc) is 2.61. The van der Waals surface area contributed by atoms with E-state index >= 15 is 0 Å². The molecule has 0 saturated heterocycles. The van der Waals surface area contributed by atoms with Crippen LogP contribution in [0.4, 0.5) is 0 Å². The van der Waals surface area contributed by atoms with E-state index in [4.69, 9.17) is 11.6 Å². The van der Waals surface area contributed by atoms with Crippen LogP contribution in [0.15, 0.2) is 71.6 Å². The molecular weight excluding hydrogens is 374 g/mol. The molecule has 2 N–H and O–H groups in total. The minimum atomic E-state index is -3.97. The molecule has 3 aromatic carbocycles. The van der Waals surface area contributed by atoms with Crippen LogP contribution in [0.3, 0.4) is 0 Å². The normalized spacial score (nSPS) is 12.8. The molecule has 0 aliphatic carbocycles. The Morgan fingerprint density at radius 2 is 1.65 bits per heavy atom. The largest absolute Gasteiger partial charge is 0.480 e. The number of carbonyl (C=O) groups is 1. The van der Waals surface area contributed by atoms with Gasteiger partial charge in [0.25, 0.3) is 0 Å². The van der Waals surface area contributed by atoms with Crippen molar-refractivity contribution < 1.29 is 18.3 Å². The zero-order valence-electron chi connectivity index (χ0n) is 13.6. The van der Waals surface area contributed by atoms with E-state index in [0.29, 0.717) is 5.02 Å². The molecule has 0 aliphatic rings. The molecule has 0 heterocycles. The Kier molecular flexibility index (Phi) is 5.27. The lowest BCUT2D eigenvalue weighted by molar-refractivity contribution is -0.138. The molecule has 3 aromatic rings. The van der Waals surface area contributed by atoms with E-state index in [1.807, 2.05) is 36.4 Å². The Morgan fingerprint density at radius 3 is 2.31 bits per heavy atom. The number of rotatable bonds is 6. The SMILES string of the molecule is O=C(O)C(Cc1ccc2ccccc2c1)NS(=O)(=O)c1ccc(Cl)cc1. The van der Waals surface area contributed by atoms with Crippen LogP contribution in [0.5, 0.6) is 0 Å². The summed E-state index contributed by atoms with van der Waals surface area (Å²) in [6.07, 6.45) is 0.0347. The smallest absolute Gasteiger partial charge is 0.322 e. The summed E-state index contributed by atoms with van der Waals surface area (Å²) >= 11 is 5.76. The highest BCUT2D eigenvalue weighted by molar-refractivity contribution is 7.89. The van der Waals surface area contributed by atoms with E-state index in [2.05, 4.69) is 4.72 Å². The Balaban J connectivity index is 1.84. The summed E-state index contributed by atoms with van der Waals surface area (Å²) in [7, 11) is -3.97. The molecular formula is C19H16ClNO4S. The lowest BCUT2D eigenvalue weighted by Gasteiger charge is -2.15. The lowest BCUT2D eigenvalue weighted by Crippen LogP contribution is -2.42. The summed E-state index contributed by atoms with van der Waals surface area (Å²) in [4.78, 5) is 11.5. The minimum Gasteiger partial charge on any atom is -0.480 e. The van der Waals surface area contributed by atoms with Crippen LogP contribution in [0.25, 0.3) is 10.8 Å². The molecule has 7 heteroatoms. The van der Waals surface area contributed by atoms with Crippen LogP contribution in [-0.2, 0) is 21.2 Å². The monoisotopic (exact) mass is 389 g/mol. The molecule has 0 saturated carbocycles. The predicted molar refractivity (Wildman–Crippen MR) is 101 cm³/mol. The van der Waals surface area contributed by atoms with Gasteiger partial charge in [0, 0.05) is 5.02 Å². The number of sulfonamides is 1. The fraction of sp³-hybridized carbons (Fsp3) is 0.105. The van der Waals surface area contributed by atoms with E-state index in [1.165, 1.54) is 24.3 Å². The first kappa shape index (κ1) is 18.4. The standard InChI is InChI=1S/C19H16ClNO4S/c20-16-7-9-17(10-8-16)26(24,25)21-18(19(22)23)12-13-5-6-14-3-1-2-4-15(14)11-13/h1-11,18,21H,12H2,(H,22,23). The second kappa shape index (κ2) is 7.45. The molecule has 0 aliphatic heterocycles. The summed E-state index contributed by atoms with van der Waals surface area (Å²) in [6, 6.07) is 17.5. The van der Waals surface area contributed by atoms with Gasteiger partial charge in [0.05, 0.1) is 4.90 Å². The summed E-state index contributed by atoms with van der Waals surface area (Å²) in [5.41, 5.74) is 0.731. The van der Waals surface area contributed by atoms with E-state index in [9.17, 15) is 18.3 Å². The summed E-state index contributed by atoms with van der Waals surface area (Å²) < 4.78 is 27.1. The predicted octanol–water partition coefficient (Wildman–Crippen LogP) is 3.47. The second-order valence-electron chi connectivity index (χ2n) is 5.85. The van der Waals surface area contributed by atoms with Gasteiger partial charge in [-0.05, 0) is 47.0 Å². The number of hydrogen-bond acceptors (Lipinski definition) is 3. The zero-order chi connectivity index (χ0) is 18.7. The van der Waals surface area contributed by atoms with Gasteiger partial charge in [-0.1, -0.05) is 54.1 Å². The highest BCUT2D eigenvalue weighted by Gasteiger charge is 2.25. The van der Waals surface area contributed by atoms with Crippen molar-refractivity contribution in [3.8, 4) is 0 Å². The summed E-state index contributed by atoms with van der Waals surface area (Å²) in [5, 5.41) is 11.9. The first-order valence-electron chi connectivity index (χ1n) is 7.83. The number of carboxylic acids is 1. The van der Waals surface area contributed by atoms with Crippen LogP contribution in [0, 0.1) is 0 Å². The lowest BCUT2D eigenvalue weighted by atomic mass is 10.0. The van der Waals surface area contributed by atoms with E-state index in [1.54, 1.807) is 6.07 Å². The van der Waals surface area contributed by atoms with Gasteiger partial charge in [0.15, 0.2) is 0 Å². The van der Waals surface area contributed by atoms with Crippen molar-refractivity contribution in [3.63, 3.8) is 0 Å². The number of carboxylic acid groups (broad SMARTS) is 1. The minimum absolute atomic E-state index is 0.0347. The van der Waals surface area contributed by atoms with Gasteiger partial charge >= 0.3 is 5.97 Å². The van der Waals surface area contributed by atoms with Crippen molar-refractivity contribution in [3.05, 3.63) is 77.3 Å². The van der Waals surface area contributed by atoms with E-state index < -0.39 is 22.0 Å². The van der Waals surface area contributed by atoms with Crippen LogP contribution in [0.1, 0.15) is 5.56 Å². The van der Waals surface area contributed by atoms with Crippen LogP contribution >= 0.6 is 11.6 Å². The van der Waals surface area contributed by atoms with Gasteiger partial charge in [-0.15, -0.1) is 0 Å². The Hall–Kier alpha value is -2.41. The van der Waals surface area contributed by atoms with Gasteiger partial charge < -0.3 is 5.11 Å². The molecule has 0 aromatic heterocycles. The molecule has 1 unspecified atom stereocenters. The fourth-order valence-corrected chi connectivity index (χ4v) is 3.97. The molecule has 0 spiro atoms. The van der Waals surface area contributed by atoms with Crippen molar-refractivity contribution in [2.45, 2.75) is 17.4 Å². The van der Waals surface area contributed by atoms with Crippen molar-refractivity contribution in [1.29, 1.82) is 0 Å². The quantitative estimate of drug-likeness (QED) is 0.676. The number of benzene rings is 3. The Bertz CT molecular complexity index is 1050. The van der Waals surface area contributed by atoms with E-state index in [-0.39, 0.29) is 11.3 Å². The topological polar surface area (TPSA) is 83.5 Å². The van der Waals surface area contributed by atoms with Gasteiger partial charge in [-0.3, -0.25) is 4.79 Å². The number of aliphatic carboxylic acids is 1. The van der Waals surface area contributed by atoms with Crippen LogP contribution in [0.2, 0.25) is 5.02 Å². The number of fused-ring (bicyclic) bond motifs is 1. The second-order valence-corrected chi connectivity index (χ2v) is 8.00. The highest BCUT2D eigenvalue weighted by Crippen LogP contribution is 2.18. The Labute approximate surface area is 156 Å². The van der Waals surface area contributed by atoms with Gasteiger partial charge in [-0.25, -0.2) is 8.42 Å². The van der Waals surface area contributed by atoms with Crippen molar-refractivity contribution in [2.24, 2.45) is 0 Å².